The number of fused-ring (bicyclic) bond motifs is 6. The van der Waals surface area contributed by atoms with Crippen molar-refractivity contribution in [2.75, 3.05) is 4.90 Å². The third-order valence-electron chi connectivity index (χ3n) is 11.3. The molecule has 0 saturated heterocycles. The number of imide groups is 1. The number of unbranched alkanes of at least 4 members (excludes halogenated alkanes) is 3. The van der Waals surface area contributed by atoms with E-state index in [0.717, 1.165) is 56.7 Å². The molecule has 9 rings (SSSR count). The van der Waals surface area contributed by atoms with Crippen molar-refractivity contribution in [2.45, 2.75) is 92.5 Å². The molecule has 1 aliphatic rings. The SMILES string of the molecule is CC.CCCCCCn1c2ccccc2c2c3cccc4c5ccc6c7c(ccc(c(cc21)c43)c75)C(=O)N(c1c(C(C)C)cccc1C(C)C)C6=O. The Morgan fingerprint density at radius 3 is 1.75 bits per heavy atom. The predicted molar refractivity (Wildman–Crippen MR) is 222 cm³/mol. The van der Waals surface area contributed by atoms with Crippen molar-refractivity contribution >= 4 is 82.4 Å². The lowest BCUT2D eigenvalue weighted by atomic mass is 9.83. The highest BCUT2D eigenvalue weighted by Gasteiger charge is 2.38. The Bertz CT molecular complexity index is 2640. The largest absolute Gasteiger partial charge is 0.340 e. The number of benzene rings is 7. The van der Waals surface area contributed by atoms with Gasteiger partial charge in [0.15, 0.2) is 0 Å². The smallest absolute Gasteiger partial charge is 0.266 e. The monoisotopic (exact) mass is 684 g/mol. The number of hydrogen-bond acceptors (Lipinski definition) is 2. The number of aryl methyl sites for hydroxylation is 1. The van der Waals surface area contributed by atoms with Crippen LogP contribution in [0.3, 0.4) is 0 Å². The van der Waals surface area contributed by atoms with E-state index >= 15 is 0 Å². The summed E-state index contributed by atoms with van der Waals surface area (Å²) in [6.07, 6.45) is 4.81. The standard InChI is InChI=1S/C46H42N2O2.C2H6/c1-6-7-8-11-24-47-38-19-10-9-14-33(38)41-34-18-13-17-30-31-20-22-35-43-36(23-21-32(42(31)43)37(40(30)34)25-39(41)47)46(50)48(45(35)49)44-28(26(2)3)15-12-16-29(44)27(4)5;1-2/h9-10,12-23,25-27H,6-8,11,24H2,1-5H3;1-2H3. The second-order valence-electron chi connectivity index (χ2n) is 14.9. The fraction of sp³-hybridized carbons (Fsp3) is 0.292. The molecule has 8 aromatic rings. The summed E-state index contributed by atoms with van der Waals surface area (Å²) >= 11 is 0. The maximum atomic E-state index is 14.7. The maximum absolute atomic E-state index is 14.7. The molecule has 0 saturated carbocycles. The summed E-state index contributed by atoms with van der Waals surface area (Å²) in [5, 5.41) is 11.4. The Morgan fingerprint density at radius 2 is 1.10 bits per heavy atom. The van der Waals surface area contributed by atoms with Crippen molar-refractivity contribution in [2.24, 2.45) is 0 Å². The number of anilines is 1. The van der Waals surface area contributed by atoms with Gasteiger partial charge < -0.3 is 4.57 Å². The fourth-order valence-electron chi connectivity index (χ4n) is 9.00. The number of carbonyl (C=O) groups is 2. The van der Waals surface area contributed by atoms with Gasteiger partial charge in [-0.2, -0.15) is 0 Å². The molecule has 1 aliphatic heterocycles. The number of hydrogen-bond donors (Lipinski definition) is 0. The first-order valence-electron chi connectivity index (χ1n) is 19.4. The summed E-state index contributed by atoms with van der Waals surface area (Å²) in [6, 6.07) is 32.2. The Morgan fingerprint density at radius 1 is 0.519 bits per heavy atom. The van der Waals surface area contributed by atoms with Crippen LogP contribution in [-0.2, 0) is 6.54 Å². The summed E-state index contributed by atoms with van der Waals surface area (Å²) in [6.45, 7) is 15.7. The minimum Gasteiger partial charge on any atom is -0.340 e. The van der Waals surface area contributed by atoms with E-state index in [9.17, 15) is 9.59 Å². The molecule has 7 aromatic carbocycles. The van der Waals surface area contributed by atoms with Gasteiger partial charge in [0.1, 0.15) is 0 Å². The van der Waals surface area contributed by atoms with E-state index in [2.05, 4.69) is 112 Å². The van der Waals surface area contributed by atoms with E-state index in [-0.39, 0.29) is 23.7 Å². The Labute approximate surface area is 306 Å². The van der Waals surface area contributed by atoms with Gasteiger partial charge in [-0.05, 0) is 91.4 Å². The number of rotatable bonds is 8. The number of para-hydroxylation sites is 2. The molecule has 0 spiro atoms. The minimum atomic E-state index is -0.243. The van der Waals surface area contributed by atoms with Gasteiger partial charge in [-0.25, -0.2) is 4.90 Å². The number of aromatic nitrogens is 1. The Balaban J connectivity index is 0.00000190. The quantitative estimate of drug-likeness (QED) is 0.0692. The highest BCUT2D eigenvalue weighted by Crippen LogP contribution is 2.48. The molecule has 0 unspecified atom stereocenters. The fourth-order valence-corrected chi connectivity index (χ4v) is 9.00. The molecule has 0 atom stereocenters. The van der Waals surface area contributed by atoms with E-state index < -0.39 is 0 Å². The summed E-state index contributed by atoms with van der Waals surface area (Å²) in [5.41, 5.74) is 6.48. The van der Waals surface area contributed by atoms with Crippen molar-refractivity contribution < 1.29 is 9.59 Å². The summed E-state index contributed by atoms with van der Waals surface area (Å²) in [7, 11) is 0. The second-order valence-corrected chi connectivity index (χ2v) is 14.9. The van der Waals surface area contributed by atoms with Crippen LogP contribution >= 0.6 is 0 Å². The molecule has 2 heterocycles. The van der Waals surface area contributed by atoms with Gasteiger partial charge in [-0.15, -0.1) is 0 Å². The van der Waals surface area contributed by atoms with E-state index in [1.54, 1.807) is 0 Å². The minimum absolute atomic E-state index is 0.150. The topological polar surface area (TPSA) is 42.3 Å². The van der Waals surface area contributed by atoms with Gasteiger partial charge in [0.05, 0.1) is 11.2 Å². The molecule has 4 heteroatoms. The third-order valence-corrected chi connectivity index (χ3v) is 11.3. The molecule has 2 amide bonds. The molecule has 4 nitrogen and oxygen atoms in total. The zero-order chi connectivity index (χ0) is 36.4. The van der Waals surface area contributed by atoms with Crippen molar-refractivity contribution in [3.63, 3.8) is 0 Å². The average Bonchev–Trinajstić information content (AvgIpc) is 3.48. The number of nitrogens with zero attached hydrogens (tertiary/aromatic N) is 2. The molecule has 262 valence electrons. The molecule has 0 radical (unpaired) electrons. The van der Waals surface area contributed by atoms with Gasteiger partial charge in [0.25, 0.3) is 11.8 Å². The van der Waals surface area contributed by atoms with Crippen LogP contribution in [0.4, 0.5) is 5.69 Å². The van der Waals surface area contributed by atoms with Gasteiger partial charge in [-0.1, -0.05) is 134 Å². The zero-order valence-electron chi connectivity index (χ0n) is 31.6. The van der Waals surface area contributed by atoms with Crippen LogP contribution in [0.5, 0.6) is 0 Å². The molecule has 0 aliphatic carbocycles. The zero-order valence-corrected chi connectivity index (χ0v) is 31.6. The van der Waals surface area contributed by atoms with Crippen LogP contribution in [0.25, 0.3) is 64.9 Å². The Hall–Kier alpha value is -5.22. The molecular weight excluding hydrogens is 637 g/mol. The van der Waals surface area contributed by atoms with E-state index in [1.165, 1.54) is 62.1 Å². The van der Waals surface area contributed by atoms with Gasteiger partial charge in [-0.3, -0.25) is 9.59 Å². The van der Waals surface area contributed by atoms with E-state index in [1.807, 2.05) is 32.0 Å². The van der Waals surface area contributed by atoms with Crippen LogP contribution < -0.4 is 4.90 Å². The maximum Gasteiger partial charge on any atom is 0.266 e. The number of carbonyl (C=O) groups excluding carboxylic acids is 2. The molecule has 52 heavy (non-hydrogen) atoms. The number of amides is 2. The molecule has 0 N–H and O–H groups in total. The van der Waals surface area contributed by atoms with Crippen molar-refractivity contribution in [3.8, 4) is 0 Å². The first-order valence-corrected chi connectivity index (χ1v) is 19.4. The van der Waals surface area contributed by atoms with Gasteiger partial charge in [0, 0.05) is 39.3 Å². The predicted octanol–water partition coefficient (Wildman–Crippen LogP) is 13.5. The average molecular weight is 685 g/mol. The summed E-state index contributed by atoms with van der Waals surface area (Å²) in [5.74, 6) is -0.185. The highest BCUT2D eigenvalue weighted by molar-refractivity contribution is 6.44. The van der Waals surface area contributed by atoms with Crippen LogP contribution in [0.1, 0.15) is 118 Å². The summed E-state index contributed by atoms with van der Waals surface area (Å²) in [4.78, 5) is 30.9. The molecule has 1 aromatic heterocycles. The van der Waals surface area contributed by atoms with E-state index in [0.29, 0.717) is 11.1 Å². The third kappa shape index (κ3) is 4.80. The van der Waals surface area contributed by atoms with Crippen LogP contribution in [0, 0.1) is 0 Å². The van der Waals surface area contributed by atoms with Crippen LogP contribution in [-0.4, -0.2) is 16.4 Å². The van der Waals surface area contributed by atoms with Crippen LogP contribution in [0.15, 0.2) is 91.0 Å². The van der Waals surface area contributed by atoms with Crippen molar-refractivity contribution in [3.05, 3.63) is 113 Å². The second kappa shape index (κ2) is 13.1. The normalized spacial score (nSPS) is 13.3. The molecule has 0 bridgehead atoms. The molecule has 0 fully saturated rings. The lowest BCUT2D eigenvalue weighted by molar-refractivity contribution is 0.0893. The lowest BCUT2D eigenvalue weighted by Gasteiger charge is -2.32. The van der Waals surface area contributed by atoms with Crippen molar-refractivity contribution in [1.29, 1.82) is 0 Å². The van der Waals surface area contributed by atoms with Gasteiger partial charge >= 0.3 is 0 Å². The first-order chi connectivity index (χ1) is 25.3. The molecular formula is C48H48N2O2. The summed E-state index contributed by atoms with van der Waals surface area (Å²) < 4.78 is 2.52. The first kappa shape index (κ1) is 33.9. The van der Waals surface area contributed by atoms with E-state index in [4.69, 9.17) is 0 Å². The van der Waals surface area contributed by atoms with Crippen LogP contribution in [0.2, 0.25) is 0 Å². The Kier molecular flexibility index (Phi) is 8.53. The highest BCUT2D eigenvalue weighted by atomic mass is 16.2. The van der Waals surface area contributed by atoms with Crippen molar-refractivity contribution in [1.82, 2.24) is 4.57 Å². The van der Waals surface area contributed by atoms with Gasteiger partial charge in [0.2, 0.25) is 0 Å². The lowest BCUT2D eigenvalue weighted by Crippen LogP contribution is -2.41.